The summed E-state index contributed by atoms with van der Waals surface area (Å²) in [5, 5.41) is 9.65. The van der Waals surface area contributed by atoms with Gasteiger partial charge in [0.1, 0.15) is 0 Å². The Morgan fingerprint density at radius 3 is 2.93 bits per heavy atom. The highest BCUT2D eigenvalue weighted by Gasteiger charge is 2.06. The highest BCUT2D eigenvalue weighted by atomic mass is 35.5. The number of halogens is 1. The van der Waals surface area contributed by atoms with E-state index in [1.807, 2.05) is 0 Å². The van der Waals surface area contributed by atoms with E-state index < -0.39 is 0 Å². The fourth-order valence-electron chi connectivity index (χ4n) is 1.01. The van der Waals surface area contributed by atoms with Crippen LogP contribution >= 0.6 is 23.4 Å². The van der Waals surface area contributed by atoms with Crippen molar-refractivity contribution in [3.63, 3.8) is 0 Å². The molecule has 0 aromatic heterocycles. The minimum Gasteiger partial charge on any atom is -0.468 e. The lowest BCUT2D eigenvalue weighted by Gasteiger charge is -2.06. The number of esters is 1. The van der Waals surface area contributed by atoms with Gasteiger partial charge in [-0.1, -0.05) is 11.6 Å². The molecule has 0 radical (unpaired) electrons. The molecule has 0 spiro atoms. The molecule has 3 nitrogen and oxygen atoms in total. The number of aliphatic hydroxyl groups is 1. The summed E-state index contributed by atoms with van der Waals surface area (Å²) in [6.45, 7) is -0.0932. The molecule has 0 aliphatic carbocycles. The summed E-state index contributed by atoms with van der Waals surface area (Å²) < 4.78 is 4.52. The number of methoxy groups -OCH3 is 1. The summed E-state index contributed by atoms with van der Waals surface area (Å²) in [6.07, 6.45) is 0. The van der Waals surface area contributed by atoms with Crippen LogP contribution in [-0.4, -0.2) is 23.9 Å². The average Bonchev–Trinajstić information content (AvgIpc) is 2.26. The van der Waals surface area contributed by atoms with Gasteiger partial charge < -0.3 is 9.84 Å². The van der Waals surface area contributed by atoms with Gasteiger partial charge >= 0.3 is 5.97 Å². The van der Waals surface area contributed by atoms with Crippen LogP contribution in [0.2, 0.25) is 5.02 Å². The van der Waals surface area contributed by atoms with Crippen molar-refractivity contribution in [2.45, 2.75) is 11.5 Å². The molecule has 0 atom stereocenters. The molecule has 0 aliphatic heterocycles. The Morgan fingerprint density at radius 2 is 2.33 bits per heavy atom. The van der Waals surface area contributed by atoms with Crippen LogP contribution in [0.15, 0.2) is 23.1 Å². The Balaban J connectivity index is 2.72. The average molecular weight is 247 g/mol. The number of hydrogen-bond donors (Lipinski definition) is 1. The van der Waals surface area contributed by atoms with E-state index in [2.05, 4.69) is 4.74 Å². The first-order valence-electron chi connectivity index (χ1n) is 4.26. The Hall–Kier alpha value is -0.710. The van der Waals surface area contributed by atoms with E-state index in [-0.39, 0.29) is 18.3 Å². The largest absolute Gasteiger partial charge is 0.468 e. The Morgan fingerprint density at radius 1 is 1.60 bits per heavy atom. The summed E-state index contributed by atoms with van der Waals surface area (Å²) in [5.41, 5.74) is 0.719. The molecule has 0 unspecified atom stereocenters. The Kier molecular flexibility index (Phi) is 4.94. The van der Waals surface area contributed by atoms with Gasteiger partial charge in [-0.2, -0.15) is 0 Å². The molecule has 0 aliphatic rings. The number of carbonyl (C=O) groups is 1. The zero-order valence-corrected chi connectivity index (χ0v) is 9.77. The molecular weight excluding hydrogens is 236 g/mol. The lowest BCUT2D eigenvalue weighted by Crippen LogP contribution is -2.03. The third kappa shape index (κ3) is 3.74. The van der Waals surface area contributed by atoms with E-state index >= 15 is 0 Å². The molecule has 0 heterocycles. The van der Waals surface area contributed by atoms with Gasteiger partial charge in [0.2, 0.25) is 0 Å². The zero-order valence-electron chi connectivity index (χ0n) is 8.20. The highest BCUT2D eigenvalue weighted by Crippen LogP contribution is 2.25. The molecule has 0 amide bonds. The molecule has 0 saturated heterocycles. The smallest absolute Gasteiger partial charge is 0.315 e. The third-order valence-corrected chi connectivity index (χ3v) is 3.09. The number of rotatable bonds is 4. The van der Waals surface area contributed by atoms with E-state index in [0.717, 1.165) is 10.5 Å². The second-order valence-electron chi connectivity index (χ2n) is 2.77. The third-order valence-electron chi connectivity index (χ3n) is 1.77. The first-order chi connectivity index (χ1) is 7.17. The van der Waals surface area contributed by atoms with E-state index in [1.54, 1.807) is 18.2 Å². The van der Waals surface area contributed by atoms with Crippen LogP contribution in [0.5, 0.6) is 0 Å². The Bertz CT molecular complexity index is 355. The van der Waals surface area contributed by atoms with Gasteiger partial charge in [0.15, 0.2) is 0 Å². The van der Waals surface area contributed by atoms with Gasteiger partial charge in [-0.3, -0.25) is 4.79 Å². The van der Waals surface area contributed by atoms with Crippen LogP contribution in [0.4, 0.5) is 0 Å². The molecule has 1 aromatic carbocycles. The van der Waals surface area contributed by atoms with Crippen LogP contribution in [0.1, 0.15) is 5.56 Å². The number of aliphatic hydroxyl groups excluding tert-OH is 1. The number of hydrogen-bond acceptors (Lipinski definition) is 4. The van der Waals surface area contributed by atoms with Gasteiger partial charge in [0, 0.05) is 9.92 Å². The molecule has 1 rings (SSSR count). The fourth-order valence-corrected chi connectivity index (χ4v) is 2.07. The summed E-state index contributed by atoms with van der Waals surface area (Å²) in [4.78, 5) is 11.8. The van der Waals surface area contributed by atoms with E-state index in [1.165, 1.54) is 18.9 Å². The second-order valence-corrected chi connectivity index (χ2v) is 4.23. The van der Waals surface area contributed by atoms with Crippen molar-refractivity contribution in [1.29, 1.82) is 0 Å². The van der Waals surface area contributed by atoms with Gasteiger partial charge in [-0.05, 0) is 23.8 Å². The maximum absolute atomic E-state index is 10.9. The monoisotopic (exact) mass is 246 g/mol. The van der Waals surface area contributed by atoms with Crippen LogP contribution < -0.4 is 0 Å². The fraction of sp³-hybridized carbons (Fsp3) is 0.300. The summed E-state index contributed by atoms with van der Waals surface area (Å²) in [6, 6.07) is 5.18. The van der Waals surface area contributed by atoms with Gasteiger partial charge in [-0.25, -0.2) is 0 Å². The number of carbonyl (C=O) groups excluding carboxylic acids is 1. The number of ether oxygens (including phenoxy) is 1. The normalized spacial score (nSPS) is 10.1. The van der Waals surface area contributed by atoms with Crippen molar-refractivity contribution >= 4 is 29.3 Å². The van der Waals surface area contributed by atoms with E-state index in [4.69, 9.17) is 16.7 Å². The number of benzene rings is 1. The molecule has 1 aromatic rings. The molecule has 82 valence electrons. The van der Waals surface area contributed by atoms with E-state index in [9.17, 15) is 4.79 Å². The standard InChI is InChI=1S/C10H11ClO3S/c1-14-10(13)6-15-9-3-2-8(11)4-7(9)5-12/h2-4,12H,5-6H2,1H3. The summed E-state index contributed by atoms with van der Waals surface area (Å²) in [7, 11) is 1.34. The lowest BCUT2D eigenvalue weighted by atomic mass is 10.2. The molecule has 0 saturated carbocycles. The first kappa shape index (κ1) is 12.4. The molecular formula is C10H11ClO3S. The predicted octanol–water partition coefficient (Wildman–Crippen LogP) is 2.10. The minimum atomic E-state index is -0.293. The molecule has 5 heteroatoms. The van der Waals surface area contributed by atoms with Gasteiger partial charge in [0.25, 0.3) is 0 Å². The van der Waals surface area contributed by atoms with Crippen molar-refractivity contribution in [3.8, 4) is 0 Å². The van der Waals surface area contributed by atoms with Gasteiger partial charge in [-0.15, -0.1) is 11.8 Å². The van der Waals surface area contributed by atoms with Crippen molar-refractivity contribution < 1.29 is 14.6 Å². The first-order valence-corrected chi connectivity index (χ1v) is 5.62. The van der Waals surface area contributed by atoms with E-state index in [0.29, 0.717) is 5.02 Å². The number of thioether (sulfide) groups is 1. The second kappa shape index (κ2) is 6.00. The van der Waals surface area contributed by atoms with Crippen molar-refractivity contribution in [1.82, 2.24) is 0 Å². The van der Waals surface area contributed by atoms with Crippen molar-refractivity contribution in [2.75, 3.05) is 12.9 Å². The lowest BCUT2D eigenvalue weighted by molar-refractivity contribution is -0.137. The molecule has 1 N–H and O–H groups in total. The van der Waals surface area contributed by atoms with Gasteiger partial charge in [0.05, 0.1) is 19.5 Å². The highest BCUT2D eigenvalue weighted by molar-refractivity contribution is 8.00. The minimum absolute atomic E-state index is 0.0932. The quantitative estimate of drug-likeness (QED) is 0.653. The Labute approximate surface area is 97.4 Å². The zero-order chi connectivity index (χ0) is 11.3. The molecule has 0 bridgehead atoms. The van der Waals surface area contributed by atoms with Crippen molar-refractivity contribution in [3.05, 3.63) is 28.8 Å². The summed E-state index contributed by atoms with van der Waals surface area (Å²) >= 11 is 7.09. The maximum atomic E-state index is 10.9. The SMILES string of the molecule is COC(=O)CSc1ccc(Cl)cc1CO. The predicted molar refractivity (Wildman–Crippen MR) is 60.1 cm³/mol. The van der Waals surface area contributed by atoms with Crippen LogP contribution in [-0.2, 0) is 16.1 Å². The molecule has 0 fully saturated rings. The molecule has 15 heavy (non-hydrogen) atoms. The van der Waals surface area contributed by atoms with Crippen molar-refractivity contribution in [2.24, 2.45) is 0 Å². The van der Waals surface area contributed by atoms with Crippen LogP contribution in [0.25, 0.3) is 0 Å². The maximum Gasteiger partial charge on any atom is 0.315 e. The van der Waals surface area contributed by atoms with Crippen LogP contribution in [0, 0.1) is 0 Å². The summed E-state index contributed by atoms with van der Waals surface area (Å²) in [5.74, 6) is -0.0654. The topological polar surface area (TPSA) is 46.5 Å². The van der Waals surface area contributed by atoms with Crippen LogP contribution in [0.3, 0.4) is 0 Å².